The maximum Gasteiger partial charge on any atom is 0.222 e. The van der Waals surface area contributed by atoms with E-state index in [-0.39, 0.29) is 5.91 Å². The van der Waals surface area contributed by atoms with Crippen LogP contribution in [0.15, 0.2) is 0 Å². The van der Waals surface area contributed by atoms with Crippen molar-refractivity contribution in [3.63, 3.8) is 0 Å². The third-order valence-corrected chi connectivity index (χ3v) is 2.17. The summed E-state index contributed by atoms with van der Waals surface area (Å²) >= 11 is 0. The molecule has 0 heterocycles. The van der Waals surface area contributed by atoms with Gasteiger partial charge in [0.25, 0.3) is 0 Å². The van der Waals surface area contributed by atoms with Crippen molar-refractivity contribution in [2.24, 2.45) is 5.90 Å². The molecule has 0 atom stereocenters. The van der Waals surface area contributed by atoms with E-state index in [2.05, 4.69) is 10.2 Å². The smallest absolute Gasteiger partial charge is 0.222 e. The molecule has 0 unspecified atom stereocenters. The molecule has 1 fully saturated rings. The van der Waals surface area contributed by atoms with Gasteiger partial charge in [-0.3, -0.25) is 4.79 Å². The van der Waals surface area contributed by atoms with Gasteiger partial charge in [-0.05, 0) is 12.8 Å². The standard InChI is InChI=1S/C8H16N2O2/c9-12-6-5-8(11)10-7-3-1-2-4-7/h7H,1-6,9H2,(H,10,11). The molecular formula is C8H16N2O2. The van der Waals surface area contributed by atoms with E-state index >= 15 is 0 Å². The molecule has 3 N–H and O–H groups in total. The van der Waals surface area contributed by atoms with Crippen molar-refractivity contribution in [1.82, 2.24) is 5.32 Å². The van der Waals surface area contributed by atoms with Gasteiger partial charge >= 0.3 is 0 Å². The van der Waals surface area contributed by atoms with Gasteiger partial charge in [-0.1, -0.05) is 12.8 Å². The van der Waals surface area contributed by atoms with E-state index < -0.39 is 0 Å². The zero-order chi connectivity index (χ0) is 8.81. The lowest BCUT2D eigenvalue weighted by Gasteiger charge is -2.10. The van der Waals surface area contributed by atoms with Gasteiger partial charge < -0.3 is 10.2 Å². The van der Waals surface area contributed by atoms with E-state index in [1.165, 1.54) is 12.8 Å². The van der Waals surface area contributed by atoms with E-state index in [0.717, 1.165) is 12.8 Å². The Bertz CT molecular complexity index is 144. The number of carbonyl (C=O) groups excluding carboxylic acids is 1. The zero-order valence-corrected chi connectivity index (χ0v) is 7.21. The summed E-state index contributed by atoms with van der Waals surface area (Å²) in [5, 5.41) is 2.94. The molecule has 4 nitrogen and oxygen atoms in total. The summed E-state index contributed by atoms with van der Waals surface area (Å²) in [7, 11) is 0. The molecule has 12 heavy (non-hydrogen) atoms. The quantitative estimate of drug-likeness (QED) is 0.600. The Morgan fingerprint density at radius 2 is 2.17 bits per heavy atom. The molecule has 0 aromatic rings. The van der Waals surface area contributed by atoms with Crippen molar-refractivity contribution in [2.75, 3.05) is 6.61 Å². The van der Waals surface area contributed by atoms with Crippen LogP contribution in [-0.4, -0.2) is 18.6 Å². The predicted octanol–water partition coefficient (Wildman–Crippen LogP) is 0.326. The number of nitrogens with two attached hydrogens (primary N) is 1. The van der Waals surface area contributed by atoms with Crippen molar-refractivity contribution in [2.45, 2.75) is 38.1 Å². The number of hydrogen-bond donors (Lipinski definition) is 2. The highest BCUT2D eigenvalue weighted by molar-refractivity contribution is 5.76. The highest BCUT2D eigenvalue weighted by Gasteiger charge is 2.16. The molecule has 1 saturated carbocycles. The highest BCUT2D eigenvalue weighted by Crippen LogP contribution is 2.17. The fraction of sp³-hybridized carbons (Fsp3) is 0.875. The Balaban J connectivity index is 2.08. The topological polar surface area (TPSA) is 64.3 Å². The third kappa shape index (κ3) is 3.19. The van der Waals surface area contributed by atoms with Gasteiger partial charge in [0.2, 0.25) is 5.91 Å². The van der Waals surface area contributed by atoms with Crippen molar-refractivity contribution < 1.29 is 9.63 Å². The van der Waals surface area contributed by atoms with Gasteiger partial charge in [0.05, 0.1) is 13.0 Å². The van der Waals surface area contributed by atoms with Crippen molar-refractivity contribution in [3.05, 3.63) is 0 Å². The molecule has 0 aliphatic heterocycles. The summed E-state index contributed by atoms with van der Waals surface area (Å²) in [5.74, 6) is 4.85. The van der Waals surface area contributed by atoms with Gasteiger partial charge in [0.15, 0.2) is 0 Å². The lowest BCUT2D eigenvalue weighted by atomic mass is 10.2. The van der Waals surface area contributed by atoms with Crippen LogP contribution in [0.1, 0.15) is 32.1 Å². The summed E-state index contributed by atoms with van der Waals surface area (Å²) in [6.07, 6.45) is 5.08. The second kappa shape index (κ2) is 5.11. The first-order valence-corrected chi connectivity index (χ1v) is 4.44. The maximum absolute atomic E-state index is 11.1. The fourth-order valence-corrected chi connectivity index (χ4v) is 1.52. The number of nitrogens with one attached hydrogen (secondary N) is 1. The maximum atomic E-state index is 11.1. The van der Waals surface area contributed by atoms with Gasteiger partial charge in [-0.2, -0.15) is 0 Å². The largest absolute Gasteiger partial charge is 0.353 e. The van der Waals surface area contributed by atoms with Crippen molar-refractivity contribution in [1.29, 1.82) is 0 Å². The van der Waals surface area contributed by atoms with E-state index in [4.69, 9.17) is 5.90 Å². The van der Waals surface area contributed by atoms with E-state index in [1.54, 1.807) is 0 Å². The minimum atomic E-state index is 0.0485. The summed E-state index contributed by atoms with van der Waals surface area (Å²) in [6, 6.07) is 0.398. The molecule has 4 heteroatoms. The van der Waals surface area contributed by atoms with Crippen molar-refractivity contribution >= 4 is 5.91 Å². The van der Waals surface area contributed by atoms with Crippen LogP contribution < -0.4 is 11.2 Å². The monoisotopic (exact) mass is 172 g/mol. The van der Waals surface area contributed by atoms with Crippen LogP contribution in [0.5, 0.6) is 0 Å². The Hall–Kier alpha value is -0.610. The SMILES string of the molecule is NOCCC(=O)NC1CCCC1. The third-order valence-electron chi connectivity index (χ3n) is 2.17. The van der Waals surface area contributed by atoms with E-state index in [9.17, 15) is 4.79 Å². The van der Waals surface area contributed by atoms with Crippen LogP contribution >= 0.6 is 0 Å². The lowest BCUT2D eigenvalue weighted by molar-refractivity contribution is -0.122. The summed E-state index contributed by atoms with van der Waals surface area (Å²) in [4.78, 5) is 15.4. The Kier molecular flexibility index (Phi) is 4.04. The molecule has 1 aliphatic rings. The van der Waals surface area contributed by atoms with Crippen LogP contribution in [0.2, 0.25) is 0 Å². The minimum absolute atomic E-state index is 0.0485. The van der Waals surface area contributed by atoms with E-state index in [0.29, 0.717) is 19.1 Å². The average molecular weight is 172 g/mol. The molecule has 0 radical (unpaired) electrons. The molecular weight excluding hydrogens is 156 g/mol. The summed E-state index contributed by atoms with van der Waals surface area (Å²) in [5.41, 5.74) is 0. The predicted molar refractivity (Wildman–Crippen MR) is 45.2 cm³/mol. The van der Waals surface area contributed by atoms with Gasteiger partial charge in [-0.15, -0.1) is 0 Å². The zero-order valence-electron chi connectivity index (χ0n) is 7.21. The normalized spacial score (nSPS) is 18.1. The number of hydrogen-bond acceptors (Lipinski definition) is 3. The van der Waals surface area contributed by atoms with Crippen LogP contribution in [0.4, 0.5) is 0 Å². The molecule has 1 rings (SSSR count). The molecule has 1 aliphatic carbocycles. The van der Waals surface area contributed by atoms with E-state index in [1.807, 2.05) is 0 Å². The summed E-state index contributed by atoms with van der Waals surface area (Å²) < 4.78 is 0. The minimum Gasteiger partial charge on any atom is -0.353 e. The van der Waals surface area contributed by atoms with Crippen LogP contribution in [0.25, 0.3) is 0 Å². The lowest BCUT2D eigenvalue weighted by Crippen LogP contribution is -2.33. The Morgan fingerprint density at radius 1 is 1.50 bits per heavy atom. The highest BCUT2D eigenvalue weighted by atomic mass is 16.6. The Morgan fingerprint density at radius 3 is 2.75 bits per heavy atom. The fourth-order valence-electron chi connectivity index (χ4n) is 1.52. The Labute approximate surface area is 72.4 Å². The van der Waals surface area contributed by atoms with Crippen LogP contribution in [-0.2, 0) is 9.63 Å². The second-order valence-corrected chi connectivity index (χ2v) is 3.17. The number of carbonyl (C=O) groups is 1. The first kappa shape index (κ1) is 9.48. The molecule has 0 aromatic carbocycles. The van der Waals surface area contributed by atoms with Crippen LogP contribution in [0, 0.1) is 0 Å². The van der Waals surface area contributed by atoms with Gasteiger partial charge in [0, 0.05) is 6.04 Å². The number of rotatable bonds is 4. The first-order valence-electron chi connectivity index (χ1n) is 4.44. The molecule has 1 amide bonds. The molecule has 0 saturated heterocycles. The van der Waals surface area contributed by atoms with Gasteiger partial charge in [-0.25, -0.2) is 5.90 Å². The molecule has 0 aromatic heterocycles. The van der Waals surface area contributed by atoms with Crippen LogP contribution in [0.3, 0.4) is 0 Å². The first-order chi connectivity index (χ1) is 5.83. The average Bonchev–Trinajstić information content (AvgIpc) is 2.53. The van der Waals surface area contributed by atoms with Crippen molar-refractivity contribution in [3.8, 4) is 0 Å². The second-order valence-electron chi connectivity index (χ2n) is 3.17. The molecule has 0 spiro atoms. The number of amides is 1. The molecule has 0 bridgehead atoms. The van der Waals surface area contributed by atoms with Gasteiger partial charge in [0.1, 0.15) is 0 Å². The molecule has 70 valence electrons. The summed E-state index contributed by atoms with van der Waals surface area (Å²) in [6.45, 7) is 0.304.